The van der Waals surface area contributed by atoms with Crippen molar-refractivity contribution >= 4 is 17.3 Å². The lowest BCUT2D eigenvalue weighted by Gasteiger charge is -2.21. The molecule has 0 aliphatic heterocycles. The Morgan fingerprint density at radius 3 is 2.89 bits per heavy atom. The first-order valence-electron chi connectivity index (χ1n) is 9.63. The fraction of sp³-hybridized carbons (Fsp3) is 0.524. The van der Waals surface area contributed by atoms with Gasteiger partial charge in [0, 0.05) is 32.6 Å². The summed E-state index contributed by atoms with van der Waals surface area (Å²) in [5.74, 6) is 2.27. The van der Waals surface area contributed by atoms with Crippen LogP contribution in [0.15, 0.2) is 40.7 Å². The van der Waals surface area contributed by atoms with Crippen molar-refractivity contribution in [3.63, 3.8) is 0 Å². The summed E-state index contributed by atoms with van der Waals surface area (Å²) in [4.78, 5) is 11.7. The van der Waals surface area contributed by atoms with Crippen molar-refractivity contribution in [2.45, 2.75) is 38.8 Å². The molecule has 0 saturated heterocycles. The molecule has 0 amide bonds. The van der Waals surface area contributed by atoms with Crippen LogP contribution in [-0.2, 0) is 11.3 Å². The molecule has 6 heteroatoms. The van der Waals surface area contributed by atoms with Crippen LogP contribution in [0.4, 0.5) is 0 Å². The number of nitrogens with one attached hydrogen (secondary N) is 1. The molecule has 1 heterocycles. The van der Waals surface area contributed by atoms with Gasteiger partial charge in [-0.25, -0.2) is 4.98 Å². The number of aromatic nitrogens is 1. The van der Waals surface area contributed by atoms with E-state index in [0.717, 1.165) is 36.3 Å². The third-order valence-corrected chi connectivity index (χ3v) is 6.05. The van der Waals surface area contributed by atoms with Crippen LogP contribution >= 0.6 is 11.3 Å². The monoisotopic (exact) mass is 386 g/mol. The Kier molecular flexibility index (Phi) is 6.85. The molecule has 0 radical (unpaired) electrons. The molecule has 27 heavy (non-hydrogen) atoms. The lowest BCUT2D eigenvalue weighted by molar-refractivity contribution is 0.119. The van der Waals surface area contributed by atoms with E-state index < -0.39 is 0 Å². The van der Waals surface area contributed by atoms with Crippen molar-refractivity contribution < 1.29 is 4.74 Å². The van der Waals surface area contributed by atoms with Gasteiger partial charge in [0.05, 0.1) is 12.2 Å². The Bertz CT molecular complexity index is 746. The zero-order valence-electron chi connectivity index (χ0n) is 16.7. The molecule has 1 saturated carbocycles. The Labute approximate surface area is 166 Å². The standard InChI is InChI=1S/C21H30N4OS/c1-5-22-21(23-12-17-11-19(17)16-9-7-6-8-10-16)25(3)13-18-14-27-20(24-18)15(2)26-4/h6-10,14-15,17,19H,5,11-13H2,1-4H3,(H,22,23). The molecule has 1 aromatic heterocycles. The van der Waals surface area contributed by atoms with Crippen molar-refractivity contribution in [3.05, 3.63) is 52.0 Å². The van der Waals surface area contributed by atoms with Gasteiger partial charge in [-0.1, -0.05) is 30.3 Å². The van der Waals surface area contributed by atoms with E-state index in [1.54, 1.807) is 18.4 Å². The SMILES string of the molecule is CCNC(=NCC1CC1c1ccccc1)N(C)Cc1csc(C(C)OC)n1. The zero-order valence-corrected chi connectivity index (χ0v) is 17.5. The van der Waals surface area contributed by atoms with E-state index in [-0.39, 0.29) is 6.10 Å². The number of ether oxygens (including phenoxy) is 1. The lowest BCUT2D eigenvalue weighted by Crippen LogP contribution is -2.38. The Hall–Kier alpha value is -1.92. The maximum Gasteiger partial charge on any atom is 0.194 e. The molecule has 5 nitrogen and oxygen atoms in total. The molecule has 1 fully saturated rings. The third kappa shape index (κ3) is 5.30. The second-order valence-electron chi connectivity index (χ2n) is 7.12. The van der Waals surface area contributed by atoms with E-state index >= 15 is 0 Å². The highest BCUT2D eigenvalue weighted by Gasteiger charge is 2.37. The van der Waals surface area contributed by atoms with Crippen molar-refractivity contribution in [2.24, 2.45) is 10.9 Å². The van der Waals surface area contributed by atoms with Crippen molar-refractivity contribution in [2.75, 3.05) is 27.2 Å². The van der Waals surface area contributed by atoms with Gasteiger partial charge >= 0.3 is 0 Å². The maximum atomic E-state index is 5.36. The molecule has 1 aliphatic rings. The van der Waals surface area contributed by atoms with Crippen LogP contribution in [0.3, 0.4) is 0 Å². The molecular formula is C21H30N4OS. The number of rotatable bonds is 8. The van der Waals surface area contributed by atoms with Crippen LogP contribution in [0.25, 0.3) is 0 Å². The molecule has 1 N–H and O–H groups in total. The zero-order chi connectivity index (χ0) is 19.2. The van der Waals surface area contributed by atoms with Crippen molar-refractivity contribution in [1.29, 1.82) is 0 Å². The summed E-state index contributed by atoms with van der Waals surface area (Å²) in [6, 6.07) is 10.8. The first-order valence-corrected chi connectivity index (χ1v) is 10.5. The Morgan fingerprint density at radius 2 is 2.19 bits per heavy atom. The number of hydrogen-bond acceptors (Lipinski definition) is 4. The van der Waals surface area contributed by atoms with Gasteiger partial charge < -0.3 is 15.0 Å². The van der Waals surface area contributed by atoms with Gasteiger partial charge in [-0.2, -0.15) is 0 Å². The Morgan fingerprint density at radius 1 is 1.41 bits per heavy atom. The molecule has 146 valence electrons. The van der Waals surface area contributed by atoms with Crippen LogP contribution in [0.1, 0.15) is 48.6 Å². The summed E-state index contributed by atoms with van der Waals surface area (Å²) < 4.78 is 5.36. The van der Waals surface area contributed by atoms with Crippen LogP contribution in [-0.4, -0.2) is 43.1 Å². The van der Waals surface area contributed by atoms with Crippen LogP contribution in [0.5, 0.6) is 0 Å². The summed E-state index contributed by atoms with van der Waals surface area (Å²) in [7, 11) is 3.79. The molecule has 3 atom stereocenters. The smallest absolute Gasteiger partial charge is 0.194 e. The van der Waals surface area contributed by atoms with Crippen LogP contribution in [0.2, 0.25) is 0 Å². The number of nitrogens with zero attached hydrogens (tertiary/aromatic N) is 3. The highest BCUT2D eigenvalue weighted by molar-refractivity contribution is 7.09. The van der Waals surface area contributed by atoms with Gasteiger partial charge in [0.15, 0.2) is 5.96 Å². The fourth-order valence-electron chi connectivity index (χ4n) is 3.23. The lowest BCUT2D eigenvalue weighted by atomic mass is 10.1. The van der Waals surface area contributed by atoms with Gasteiger partial charge in [-0.05, 0) is 37.7 Å². The summed E-state index contributed by atoms with van der Waals surface area (Å²) >= 11 is 1.65. The number of hydrogen-bond donors (Lipinski definition) is 1. The first kappa shape index (κ1) is 19.8. The predicted octanol–water partition coefficient (Wildman–Crippen LogP) is 4.05. The van der Waals surface area contributed by atoms with Crippen molar-refractivity contribution in [1.82, 2.24) is 15.2 Å². The normalized spacial score (nSPS) is 20.4. The average molecular weight is 387 g/mol. The van der Waals surface area contributed by atoms with E-state index in [2.05, 4.69) is 59.9 Å². The summed E-state index contributed by atoms with van der Waals surface area (Å²) in [6.45, 7) is 6.60. The van der Waals surface area contributed by atoms with E-state index in [0.29, 0.717) is 11.8 Å². The minimum absolute atomic E-state index is 0.0424. The molecule has 2 aromatic rings. The first-order chi connectivity index (χ1) is 13.1. The second kappa shape index (κ2) is 9.33. The largest absolute Gasteiger partial charge is 0.375 e. The molecule has 0 bridgehead atoms. The molecule has 1 aromatic carbocycles. The number of methoxy groups -OCH3 is 1. The second-order valence-corrected chi connectivity index (χ2v) is 8.01. The predicted molar refractivity (Wildman–Crippen MR) is 112 cm³/mol. The van der Waals surface area contributed by atoms with Crippen LogP contribution in [0, 0.1) is 5.92 Å². The van der Waals surface area contributed by atoms with Gasteiger partial charge in [-0.15, -0.1) is 11.3 Å². The third-order valence-electron chi connectivity index (χ3n) is 4.99. The molecule has 3 unspecified atom stereocenters. The highest BCUT2D eigenvalue weighted by atomic mass is 32.1. The van der Waals surface area contributed by atoms with Gasteiger partial charge in [0.2, 0.25) is 0 Å². The van der Waals surface area contributed by atoms with Gasteiger partial charge in [0.25, 0.3) is 0 Å². The number of thiazole rings is 1. The molecule has 3 rings (SSSR count). The van der Waals surface area contributed by atoms with E-state index in [9.17, 15) is 0 Å². The quantitative estimate of drug-likeness (QED) is 0.549. The number of guanidine groups is 1. The number of aliphatic imine (C=N–C) groups is 1. The van der Waals surface area contributed by atoms with Crippen LogP contribution < -0.4 is 5.32 Å². The highest BCUT2D eigenvalue weighted by Crippen LogP contribution is 2.47. The van der Waals surface area contributed by atoms with Gasteiger partial charge in [0.1, 0.15) is 11.1 Å². The van der Waals surface area contributed by atoms with E-state index in [1.165, 1.54) is 12.0 Å². The number of benzene rings is 1. The molecular weight excluding hydrogens is 356 g/mol. The van der Waals surface area contributed by atoms with Gasteiger partial charge in [-0.3, -0.25) is 4.99 Å². The summed E-state index contributed by atoms with van der Waals surface area (Å²) in [5.41, 5.74) is 2.50. The minimum Gasteiger partial charge on any atom is -0.375 e. The van der Waals surface area contributed by atoms with Crippen molar-refractivity contribution in [3.8, 4) is 0 Å². The molecule has 0 spiro atoms. The summed E-state index contributed by atoms with van der Waals surface area (Å²) in [5, 5.41) is 6.54. The molecule has 1 aliphatic carbocycles. The summed E-state index contributed by atoms with van der Waals surface area (Å²) in [6.07, 6.45) is 1.28. The fourth-order valence-corrected chi connectivity index (χ4v) is 4.07. The maximum absolute atomic E-state index is 5.36. The van der Waals surface area contributed by atoms with E-state index in [4.69, 9.17) is 14.7 Å². The topological polar surface area (TPSA) is 49.8 Å². The van der Waals surface area contributed by atoms with E-state index in [1.807, 2.05) is 6.92 Å². The Balaban J connectivity index is 1.57. The minimum atomic E-state index is 0.0424. The average Bonchev–Trinajstić information content (AvgIpc) is 3.33.